The van der Waals surface area contributed by atoms with E-state index in [1.165, 1.54) is 0 Å². The molecule has 0 spiro atoms. The fourth-order valence-corrected chi connectivity index (χ4v) is 4.67. The summed E-state index contributed by atoms with van der Waals surface area (Å²) in [6, 6.07) is 24.1. The van der Waals surface area contributed by atoms with Crippen LogP contribution in [0.2, 0.25) is 0 Å². The van der Waals surface area contributed by atoms with E-state index >= 15 is 0 Å². The van der Waals surface area contributed by atoms with Crippen molar-refractivity contribution in [1.82, 2.24) is 10.6 Å². The van der Waals surface area contributed by atoms with Gasteiger partial charge in [0.1, 0.15) is 18.0 Å². The fourth-order valence-electron chi connectivity index (χ4n) is 4.67. The van der Waals surface area contributed by atoms with Gasteiger partial charge in [-0.15, -0.1) is 0 Å². The van der Waals surface area contributed by atoms with E-state index in [-0.39, 0.29) is 37.0 Å². The summed E-state index contributed by atoms with van der Waals surface area (Å²) in [5, 5.41) is 5.77. The van der Waals surface area contributed by atoms with Crippen LogP contribution in [0.5, 0.6) is 5.75 Å². The van der Waals surface area contributed by atoms with Crippen LogP contribution in [0.15, 0.2) is 78.9 Å². The molecule has 0 atom stereocenters. The van der Waals surface area contributed by atoms with E-state index in [9.17, 15) is 19.2 Å². The highest BCUT2D eigenvalue weighted by molar-refractivity contribution is 5.91. The van der Waals surface area contributed by atoms with Crippen LogP contribution in [0.1, 0.15) is 88.1 Å². The highest BCUT2D eigenvalue weighted by Gasteiger charge is 2.15. The average molecular weight is 645 g/mol. The highest BCUT2D eigenvalue weighted by atomic mass is 16.6. The Kier molecular flexibility index (Phi) is 15.5. The molecule has 0 heterocycles. The average Bonchev–Trinajstić information content (AvgIpc) is 3.05. The third-order valence-electron chi connectivity index (χ3n) is 7.07. The zero-order valence-electron chi connectivity index (χ0n) is 27.8. The van der Waals surface area contributed by atoms with Crippen molar-refractivity contribution in [3.05, 3.63) is 90.0 Å². The molecule has 0 unspecified atom stereocenters. The molecule has 3 aromatic rings. The monoisotopic (exact) mass is 644 g/mol. The second-order valence-corrected chi connectivity index (χ2v) is 12.4. The van der Waals surface area contributed by atoms with Gasteiger partial charge in [0.25, 0.3) is 5.91 Å². The number of hydrogen-bond acceptors (Lipinski definition) is 7. The lowest BCUT2D eigenvalue weighted by molar-refractivity contribution is -0.155. The van der Waals surface area contributed by atoms with Crippen LogP contribution in [0.3, 0.4) is 0 Å². The van der Waals surface area contributed by atoms with Gasteiger partial charge in [0, 0.05) is 25.9 Å². The van der Waals surface area contributed by atoms with Crippen LogP contribution in [-0.4, -0.2) is 49.1 Å². The highest BCUT2D eigenvalue weighted by Crippen LogP contribution is 2.24. The summed E-state index contributed by atoms with van der Waals surface area (Å²) in [6.07, 6.45) is 5.64. The number of amides is 2. The van der Waals surface area contributed by atoms with E-state index in [0.717, 1.165) is 55.2 Å². The Morgan fingerprint density at radius 2 is 1.32 bits per heavy atom. The van der Waals surface area contributed by atoms with Crippen LogP contribution >= 0.6 is 0 Å². The molecular formula is C38H48N2O7. The van der Waals surface area contributed by atoms with Crippen LogP contribution in [0, 0.1) is 0 Å². The summed E-state index contributed by atoms with van der Waals surface area (Å²) in [4.78, 5) is 48.5. The van der Waals surface area contributed by atoms with Crippen LogP contribution in [0.25, 0.3) is 11.1 Å². The minimum absolute atomic E-state index is 0.0228. The van der Waals surface area contributed by atoms with Crippen LogP contribution in [-0.2, 0) is 30.5 Å². The number of esters is 2. The Bertz CT molecular complexity index is 1420. The number of hydrogen-bond donors (Lipinski definition) is 2. The third-order valence-corrected chi connectivity index (χ3v) is 7.07. The summed E-state index contributed by atoms with van der Waals surface area (Å²) in [5.74, 6) is -0.189. The molecule has 0 saturated carbocycles. The van der Waals surface area contributed by atoms with Crippen molar-refractivity contribution in [3.63, 3.8) is 0 Å². The first kappa shape index (κ1) is 36.8. The molecule has 0 radical (unpaired) electrons. The van der Waals surface area contributed by atoms with Crippen LogP contribution in [0.4, 0.5) is 0 Å². The van der Waals surface area contributed by atoms with E-state index in [4.69, 9.17) is 14.2 Å². The first-order valence-corrected chi connectivity index (χ1v) is 16.4. The maximum Gasteiger partial charge on any atom is 0.338 e. The smallest absolute Gasteiger partial charge is 0.338 e. The van der Waals surface area contributed by atoms with Crippen LogP contribution < -0.4 is 15.4 Å². The number of benzene rings is 3. The number of carbonyl (C=O) groups excluding carboxylic acids is 4. The molecule has 3 aromatic carbocycles. The zero-order chi connectivity index (χ0) is 33.9. The van der Waals surface area contributed by atoms with Crippen molar-refractivity contribution in [1.29, 1.82) is 0 Å². The predicted octanol–water partition coefficient (Wildman–Crippen LogP) is 6.78. The lowest BCUT2D eigenvalue weighted by atomic mass is 10.0. The summed E-state index contributed by atoms with van der Waals surface area (Å²) in [6.45, 7) is 6.80. The number of ether oxygens (including phenoxy) is 3. The van der Waals surface area contributed by atoms with Crippen molar-refractivity contribution in [2.24, 2.45) is 0 Å². The molecule has 0 aliphatic rings. The van der Waals surface area contributed by atoms with E-state index in [0.29, 0.717) is 37.2 Å². The Hall–Kier alpha value is -4.66. The SMILES string of the molecule is CC(C)(C)OC(=O)CCCCCNC(=O)CCCCCNC(=O)COc1ccc(-c2cccc(C(=O)OCc3ccccc3)c2)cc1. The van der Waals surface area contributed by atoms with Gasteiger partial charge in [-0.1, -0.05) is 67.4 Å². The third kappa shape index (κ3) is 15.5. The normalized spacial score (nSPS) is 11.0. The molecule has 0 bridgehead atoms. The fraction of sp³-hybridized carbons (Fsp3) is 0.421. The second-order valence-electron chi connectivity index (χ2n) is 12.4. The van der Waals surface area contributed by atoms with Crippen molar-refractivity contribution in [2.75, 3.05) is 19.7 Å². The molecular weight excluding hydrogens is 596 g/mol. The summed E-state index contributed by atoms with van der Waals surface area (Å²) >= 11 is 0. The molecule has 0 aliphatic heterocycles. The van der Waals surface area contributed by atoms with Gasteiger partial charge in [-0.2, -0.15) is 0 Å². The van der Waals surface area contributed by atoms with E-state index in [1.54, 1.807) is 24.3 Å². The molecule has 2 N–H and O–H groups in total. The molecule has 252 valence electrons. The van der Waals surface area contributed by atoms with Gasteiger partial charge in [-0.3, -0.25) is 14.4 Å². The molecule has 3 rings (SSSR count). The predicted molar refractivity (Wildman–Crippen MR) is 182 cm³/mol. The van der Waals surface area contributed by atoms with Crippen molar-refractivity contribution in [2.45, 2.75) is 84.3 Å². The molecule has 0 aliphatic carbocycles. The van der Waals surface area contributed by atoms with E-state index < -0.39 is 5.60 Å². The van der Waals surface area contributed by atoms with Gasteiger partial charge in [0.05, 0.1) is 5.56 Å². The number of nitrogens with one attached hydrogen (secondary N) is 2. The number of unbranched alkanes of at least 4 members (excludes halogenated alkanes) is 4. The van der Waals surface area contributed by atoms with Gasteiger partial charge in [-0.25, -0.2) is 4.79 Å². The molecule has 2 amide bonds. The van der Waals surface area contributed by atoms with Gasteiger partial charge >= 0.3 is 11.9 Å². The summed E-state index contributed by atoms with van der Waals surface area (Å²) in [5.41, 5.74) is 2.72. The van der Waals surface area contributed by atoms with Gasteiger partial charge in [0.2, 0.25) is 5.91 Å². The minimum atomic E-state index is -0.458. The standard InChI is InChI=1S/C38H48N2O7/c1-38(2,3)47-36(43)19-10-6-12-24-39-34(41)18-9-5-11-25-40-35(42)28-45-33-22-20-30(21-23-33)31-16-13-17-32(26-31)37(44)46-27-29-14-7-4-8-15-29/h4,7-8,13-17,20-23,26H,5-6,9-12,18-19,24-25,27-28H2,1-3H3,(H,39,41)(H,40,42). The summed E-state index contributed by atoms with van der Waals surface area (Å²) < 4.78 is 16.4. The number of carbonyl (C=O) groups is 4. The largest absolute Gasteiger partial charge is 0.484 e. The quantitative estimate of drug-likeness (QED) is 0.109. The Balaban J connectivity index is 1.23. The maximum atomic E-state index is 12.6. The summed E-state index contributed by atoms with van der Waals surface area (Å²) in [7, 11) is 0. The molecule has 9 heteroatoms. The van der Waals surface area contributed by atoms with Gasteiger partial charge in [-0.05, 0) is 87.4 Å². The lowest BCUT2D eigenvalue weighted by Gasteiger charge is -2.19. The first-order chi connectivity index (χ1) is 22.6. The second kappa shape index (κ2) is 19.8. The van der Waals surface area contributed by atoms with Crippen molar-refractivity contribution >= 4 is 23.8 Å². The topological polar surface area (TPSA) is 120 Å². The van der Waals surface area contributed by atoms with E-state index in [2.05, 4.69) is 10.6 Å². The molecule has 0 fully saturated rings. The van der Waals surface area contributed by atoms with Crippen molar-refractivity contribution in [3.8, 4) is 16.9 Å². The Morgan fingerprint density at radius 3 is 2.00 bits per heavy atom. The minimum Gasteiger partial charge on any atom is -0.484 e. The molecule has 0 aromatic heterocycles. The Morgan fingerprint density at radius 1 is 0.660 bits per heavy atom. The maximum absolute atomic E-state index is 12.6. The lowest BCUT2D eigenvalue weighted by Crippen LogP contribution is -2.29. The van der Waals surface area contributed by atoms with E-state index in [1.807, 2.05) is 75.4 Å². The Labute approximate surface area is 278 Å². The van der Waals surface area contributed by atoms with Gasteiger partial charge in [0.15, 0.2) is 6.61 Å². The molecule has 9 nitrogen and oxygen atoms in total. The number of rotatable bonds is 19. The molecule has 47 heavy (non-hydrogen) atoms. The first-order valence-electron chi connectivity index (χ1n) is 16.4. The zero-order valence-corrected chi connectivity index (χ0v) is 27.8. The molecule has 0 saturated heterocycles. The van der Waals surface area contributed by atoms with Gasteiger partial charge < -0.3 is 24.8 Å². The van der Waals surface area contributed by atoms with Crippen molar-refractivity contribution < 1.29 is 33.4 Å².